The third-order valence-electron chi connectivity index (χ3n) is 4.00. The van der Waals surface area contributed by atoms with Crippen LogP contribution in [0.25, 0.3) is 6.08 Å². The Hall–Kier alpha value is -1.41. The van der Waals surface area contributed by atoms with E-state index in [0.29, 0.717) is 5.92 Å². The molecular weight excluding hydrogens is 264 g/mol. The van der Waals surface area contributed by atoms with Gasteiger partial charge in [-0.3, -0.25) is 4.79 Å². The maximum atomic E-state index is 11.9. The molecule has 1 aliphatic carbocycles. The van der Waals surface area contributed by atoms with E-state index in [1.807, 2.05) is 23.6 Å². The van der Waals surface area contributed by atoms with Gasteiger partial charge in [0.05, 0.1) is 0 Å². The average molecular weight is 286 g/mol. The molecule has 0 fully saturated rings. The second-order valence-corrected chi connectivity index (χ2v) is 7.04. The zero-order valence-electron chi connectivity index (χ0n) is 12.4. The number of thiophene rings is 1. The van der Waals surface area contributed by atoms with Crippen molar-refractivity contribution in [1.82, 2.24) is 0 Å². The second kappa shape index (κ2) is 6.36. The highest BCUT2D eigenvalue weighted by Gasteiger charge is 2.30. The summed E-state index contributed by atoms with van der Waals surface area (Å²) in [6, 6.07) is 4.00. The van der Waals surface area contributed by atoms with Gasteiger partial charge in [-0.2, -0.15) is 0 Å². The summed E-state index contributed by atoms with van der Waals surface area (Å²) in [4.78, 5) is 13.0. The Balaban J connectivity index is 2.03. The van der Waals surface area contributed by atoms with Crippen molar-refractivity contribution in [3.63, 3.8) is 0 Å². The van der Waals surface area contributed by atoms with E-state index >= 15 is 0 Å². The van der Waals surface area contributed by atoms with Crippen LogP contribution in [0.3, 0.4) is 0 Å². The molecule has 0 saturated heterocycles. The molecule has 0 spiro atoms. The summed E-state index contributed by atoms with van der Waals surface area (Å²) < 4.78 is 0. The molecule has 1 unspecified atom stereocenters. The lowest BCUT2D eigenvalue weighted by molar-refractivity contribution is -0.110. The van der Waals surface area contributed by atoms with Gasteiger partial charge in [0.15, 0.2) is 5.78 Å². The van der Waals surface area contributed by atoms with E-state index in [1.54, 1.807) is 23.5 Å². The minimum Gasteiger partial charge on any atom is -0.290 e. The van der Waals surface area contributed by atoms with Gasteiger partial charge in [-0.25, -0.2) is 0 Å². The van der Waals surface area contributed by atoms with Crippen molar-refractivity contribution in [3.8, 4) is 0 Å². The average Bonchev–Trinajstić information content (AvgIpc) is 2.88. The first kappa shape index (κ1) is 15.0. The summed E-state index contributed by atoms with van der Waals surface area (Å²) in [7, 11) is 0. The highest BCUT2D eigenvalue weighted by molar-refractivity contribution is 7.10. The molecule has 1 aromatic heterocycles. The number of carbonyl (C=O) groups is 1. The van der Waals surface area contributed by atoms with Gasteiger partial charge < -0.3 is 0 Å². The summed E-state index contributed by atoms with van der Waals surface area (Å²) in [5.41, 5.74) is 1.63. The number of allylic oxidation sites excluding steroid dienone is 5. The fourth-order valence-electron chi connectivity index (χ4n) is 2.78. The highest BCUT2D eigenvalue weighted by Crippen LogP contribution is 2.41. The van der Waals surface area contributed by atoms with E-state index in [-0.39, 0.29) is 11.2 Å². The maximum absolute atomic E-state index is 11.9. The number of carbonyl (C=O) groups excluding carboxylic acids is 1. The third-order valence-corrected chi connectivity index (χ3v) is 4.83. The Morgan fingerprint density at radius 2 is 2.20 bits per heavy atom. The molecule has 0 bridgehead atoms. The third kappa shape index (κ3) is 3.80. The molecule has 0 N–H and O–H groups in total. The molecule has 0 amide bonds. The standard InChI is InChI=1S/C18H22OS/c1-14-6-4-12-18(2,3)17(14)11-9-15(19)8-10-16-7-5-13-20-16/h5-11,13,17H,4,12H2,1-3H3/b10-8+,11-9+. The van der Waals surface area contributed by atoms with Crippen LogP contribution in [-0.2, 0) is 4.79 Å². The van der Waals surface area contributed by atoms with Gasteiger partial charge in [-0.15, -0.1) is 11.3 Å². The van der Waals surface area contributed by atoms with Crippen LogP contribution in [0.15, 0.2) is 47.4 Å². The fourth-order valence-corrected chi connectivity index (χ4v) is 3.40. The zero-order chi connectivity index (χ0) is 14.6. The molecule has 0 radical (unpaired) electrons. The topological polar surface area (TPSA) is 17.1 Å². The van der Waals surface area contributed by atoms with Gasteiger partial charge >= 0.3 is 0 Å². The molecule has 1 heterocycles. The van der Waals surface area contributed by atoms with Gasteiger partial charge in [0.2, 0.25) is 0 Å². The second-order valence-electron chi connectivity index (χ2n) is 6.06. The molecule has 1 atom stereocenters. The Morgan fingerprint density at radius 1 is 1.40 bits per heavy atom. The molecule has 0 aliphatic heterocycles. The van der Waals surface area contributed by atoms with Gasteiger partial charge in [0.1, 0.15) is 0 Å². The summed E-state index contributed by atoms with van der Waals surface area (Å²) >= 11 is 1.64. The van der Waals surface area contributed by atoms with Crippen LogP contribution in [-0.4, -0.2) is 5.78 Å². The Kier molecular flexibility index (Phi) is 4.77. The van der Waals surface area contributed by atoms with E-state index in [2.05, 4.69) is 32.9 Å². The lowest BCUT2D eigenvalue weighted by atomic mass is 9.68. The Morgan fingerprint density at radius 3 is 2.85 bits per heavy atom. The molecule has 1 aromatic rings. The zero-order valence-corrected chi connectivity index (χ0v) is 13.2. The van der Waals surface area contributed by atoms with Crippen molar-refractivity contribution in [2.75, 3.05) is 0 Å². The molecule has 0 aromatic carbocycles. The van der Waals surface area contributed by atoms with Crippen molar-refractivity contribution in [1.29, 1.82) is 0 Å². The molecule has 2 rings (SSSR count). The monoisotopic (exact) mass is 286 g/mol. The largest absolute Gasteiger partial charge is 0.290 e. The Labute approximate surface area is 125 Å². The van der Waals surface area contributed by atoms with Gasteiger partial charge in [0, 0.05) is 10.8 Å². The van der Waals surface area contributed by atoms with E-state index in [4.69, 9.17) is 0 Å². The molecule has 2 heteroatoms. The van der Waals surface area contributed by atoms with E-state index in [9.17, 15) is 4.79 Å². The minimum absolute atomic E-state index is 0.0626. The molecule has 106 valence electrons. The van der Waals surface area contributed by atoms with Crippen molar-refractivity contribution in [2.24, 2.45) is 11.3 Å². The lowest BCUT2D eigenvalue weighted by Gasteiger charge is -2.36. The number of hydrogen-bond donors (Lipinski definition) is 0. The SMILES string of the molecule is CC1=CCCC(C)(C)C1/C=C/C(=O)/C=C/c1cccs1. The van der Waals surface area contributed by atoms with Crippen molar-refractivity contribution in [3.05, 3.63) is 52.3 Å². The number of ketones is 1. The molecule has 1 nitrogen and oxygen atoms in total. The maximum Gasteiger partial charge on any atom is 0.178 e. The summed E-state index contributed by atoms with van der Waals surface area (Å²) in [6.07, 6.45) is 12.0. The van der Waals surface area contributed by atoms with Crippen LogP contribution in [0, 0.1) is 11.3 Å². The van der Waals surface area contributed by atoms with E-state index in [0.717, 1.165) is 11.3 Å². The Bertz CT molecular complexity index is 544. The van der Waals surface area contributed by atoms with E-state index in [1.165, 1.54) is 12.0 Å². The van der Waals surface area contributed by atoms with Crippen LogP contribution >= 0.6 is 11.3 Å². The summed E-state index contributed by atoms with van der Waals surface area (Å²) in [5.74, 6) is 0.433. The van der Waals surface area contributed by atoms with Gasteiger partial charge in [-0.05, 0) is 54.9 Å². The normalized spacial score (nSPS) is 22.4. The predicted molar refractivity (Wildman–Crippen MR) is 87.8 cm³/mol. The quantitative estimate of drug-likeness (QED) is 0.544. The number of hydrogen-bond acceptors (Lipinski definition) is 2. The fraction of sp³-hybridized carbons (Fsp3) is 0.389. The first-order chi connectivity index (χ1) is 9.49. The molecule has 0 saturated carbocycles. The van der Waals surface area contributed by atoms with Crippen molar-refractivity contribution >= 4 is 23.2 Å². The number of rotatable bonds is 4. The van der Waals surface area contributed by atoms with Crippen LogP contribution in [0.5, 0.6) is 0 Å². The first-order valence-electron chi connectivity index (χ1n) is 7.09. The highest BCUT2D eigenvalue weighted by atomic mass is 32.1. The predicted octanol–water partition coefficient (Wildman–Crippen LogP) is 5.27. The van der Waals surface area contributed by atoms with Crippen molar-refractivity contribution < 1.29 is 4.79 Å². The minimum atomic E-state index is 0.0626. The smallest absolute Gasteiger partial charge is 0.178 e. The summed E-state index contributed by atoms with van der Waals surface area (Å²) in [5, 5.41) is 2.01. The van der Waals surface area contributed by atoms with E-state index < -0.39 is 0 Å². The van der Waals surface area contributed by atoms with Crippen LogP contribution in [0.1, 0.15) is 38.5 Å². The molecular formula is C18H22OS. The van der Waals surface area contributed by atoms with Crippen LogP contribution in [0.2, 0.25) is 0 Å². The van der Waals surface area contributed by atoms with Gasteiger partial charge in [-0.1, -0.05) is 37.6 Å². The molecule has 20 heavy (non-hydrogen) atoms. The van der Waals surface area contributed by atoms with Crippen LogP contribution in [0.4, 0.5) is 0 Å². The first-order valence-corrected chi connectivity index (χ1v) is 7.97. The lowest BCUT2D eigenvalue weighted by Crippen LogP contribution is -2.26. The van der Waals surface area contributed by atoms with Crippen molar-refractivity contribution in [2.45, 2.75) is 33.6 Å². The molecule has 1 aliphatic rings. The van der Waals surface area contributed by atoms with Crippen LogP contribution < -0.4 is 0 Å². The van der Waals surface area contributed by atoms with Gasteiger partial charge in [0.25, 0.3) is 0 Å². The summed E-state index contributed by atoms with van der Waals surface area (Å²) in [6.45, 7) is 6.73.